The van der Waals surface area contributed by atoms with E-state index in [0.29, 0.717) is 18.9 Å². The number of carbonyl (C=O) groups is 1. The second kappa shape index (κ2) is 5.70. The van der Waals surface area contributed by atoms with E-state index in [1.807, 2.05) is 0 Å². The van der Waals surface area contributed by atoms with Gasteiger partial charge in [0.25, 0.3) is 0 Å². The molecule has 0 saturated heterocycles. The van der Waals surface area contributed by atoms with Crippen LogP contribution >= 0.6 is 0 Å². The smallest absolute Gasteiger partial charge is 0.223 e. The molecule has 1 aliphatic carbocycles. The highest BCUT2D eigenvalue weighted by molar-refractivity contribution is 5.76. The number of hydrogen-bond donors (Lipinski definition) is 0. The number of carbonyl (C=O) groups excluding carboxylic acids is 1. The molecule has 2 nitrogen and oxygen atoms in total. The highest BCUT2D eigenvalue weighted by Crippen LogP contribution is 2.29. The topological polar surface area (TPSA) is 20.3 Å². The van der Waals surface area contributed by atoms with Crippen molar-refractivity contribution in [3.05, 3.63) is 0 Å². The zero-order valence-corrected chi connectivity index (χ0v) is 8.96. The van der Waals surface area contributed by atoms with Crippen molar-refractivity contribution in [2.75, 3.05) is 13.1 Å². The van der Waals surface area contributed by atoms with Gasteiger partial charge in [-0.1, -0.05) is 19.3 Å². The van der Waals surface area contributed by atoms with Gasteiger partial charge in [0.1, 0.15) is 0 Å². The predicted molar refractivity (Wildman–Crippen MR) is 57.7 cm³/mol. The van der Waals surface area contributed by atoms with E-state index in [1.54, 1.807) is 4.90 Å². The molecule has 0 aliphatic heterocycles. The Morgan fingerprint density at radius 1 is 1.57 bits per heavy atom. The van der Waals surface area contributed by atoms with Gasteiger partial charge in [0.2, 0.25) is 5.91 Å². The summed E-state index contributed by atoms with van der Waals surface area (Å²) in [5.74, 6) is 3.43. The van der Waals surface area contributed by atoms with Crippen LogP contribution in [0.2, 0.25) is 0 Å². The first-order chi connectivity index (χ1) is 6.77. The lowest BCUT2D eigenvalue weighted by atomic mass is 9.82. The second-order valence-corrected chi connectivity index (χ2v) is 4.02. The third kappa shape index (κ3) is 3.06. The van der Waals surface area contributed by atoms with Crippen LogP contribution in [-0.4, -0.2) is 23.9 Å². The van der Waals surface area contributed by atoms with Gasteiger partial charge in [0.05, 0.1) is 6.54 Å². The van der Waals surface area contributed by atoms with E-state index in [2.05, 4.69) is 12.8 Å². The standard InChI is InChI=1S/C12H19NO/c1-3-8-13(9-4-2)12(14)10-11-6-5-7-11/h1,11H,4-10H2,2H3. The van der Waals surface area contributed by atoms with Gasteiger partial charge in [-0.15, -0.1) is 6.42 Å². The maximum atomic E-state index is 11.8. The minimum absolute atomic E-state index is 0.245. The van der Waals surface area contributed by atoms with Crippen LogP contribution in [-0.2, 0) is 4.79 Å². The fourth-order valence-corrected chi connectivity index (χ4v) is 1.75. The summed E-state index contributed by atoms with van der Waals surface area (Å²) in [6.45, 7) is 3.34. The van der Waals surface area contributed by atoms with Crippen molar-refractivity contribution in [2.45, 2.75) is 39.0 Å². The van der Waals surface area contributed by atoms with E-state index in [0.717, 1.165) is 13.0 Å². The van der Waals surface area contributed by atoms with Crippen LogP contribution in [0.1, 0.15) is 39.0 Å². The molecule has 0 unspecified atom stereocenters. The van der Waals surface area contributed by atoms with Crippen LogP contribution in [0.3, 0.4) is 0 Å². The number of nitrogens with zero attached hydrogens (tertiary/aromatic N) is 1. The summed E-state index contributed by atoms with van der Waals surface area (Å²) >= 11 is 0. The molecular weight excluding hydrogens is 174 g/mol. The molecule has 78 valence electrons. The summed E-state index contributed by atoms with van der Waals surface area (Å²) < 4.78 is 0. The summed E-state index contributed by atoms with van der Waals surface area (Å²) in [7, 11) is 0. The molecule has 1 rings (SSSR count). The Morgan fingerprint density at radius 3 is 2.71 bits per heavy atom. The van der Waals surface area contributed by atoms with Crippen LogP contribution in [0.5, 0.6) is 0 Å². The first-order valence-electron chi connectivity index (χ1n) is 5.49. The zero-order chi connectivity index (χ0) is 10.4. The first-order valence-corrected chi connectivity index (χ1v) is 5.49. The second-order valence-electron chi connectivity index (χ2n) is 4.02. The molecule has 1 aliphatic rings. The molecule has 0 N–H and O–H groups in total. The zero-order valence-electron chi connectivity index (χ0n) is 8.96. The van der Waals surface area contributed by atoms with Crippen molar-refractivity contribution in [2.24, 2.45) is 5.92 Å². The van der Waals surface area contributed by atoms with Crippen LogP contribution in [0.25, 0.3) is 0 Å². The van der Waals surface area contributed by atoms with Gasteiger partial charge in [-0.25, -0.2) is 0 Å². The average molecular weight is 193 g/mol. The van der Waals surface area contributed by atoms with Crippen molar-refractivity contribution >= 4 is 5.91 Å². The van der Waals surface area contributed by atoms with Gasteiger partial charge < -0.3 is 4.90 Å². The monoisotopic (exact) mass is 193 g/mol. The van der Waals surface area contributed by atoms with Crippen LogP contribution in [0, 0.1) is 18.3 Å². The number of hydrogen-bond acceptors (Lipinski definition) is 1. The summed E-state index contributed by atoms with van der Waals surface area (Å²) in [5, 5.41) is 0. The Bertz CT molecular complexity index is 225. The Kier molecular flexibility index (Phi) is 4.52. The molecule has 14 heavy (non-hydrogen) atoms. The van der Waals surface area contributed by atoms with Crippen LogP contribution < -0.4 is 0 Å². The summed E-state index contributed by atoms with van der Waals surface area (Å²) in [6.07, 6.45) is 10.7. The Morgan fingerprint density at radius 2 is 2.29 bits per heavy atom. The SMILES string of the molecule is C#CCN(CCC)C(=O)CC1CCC1. The molecule has 0 atom stereocenters. The normalized spacial score (nSPS) is 15.7. The van der Waals surface area contributed by atoms with E-state index in [1.165, 1.54) is 19.3 Å². The molecular formula is C12H19NO. The van der Waals surface area contributed by atoms with Gasteiger partial charge in [0, 0.05) is 13.0 Å². The minimum atomic E-state index is 0.245. The molecule has 2 heteroatoms. The molecule has 0 aromatic carbocycles. The number of terminal acetylenes is 1. The van der Waals surface area contributed by atoms with Crippen molar-refractivity contribution < 1.29 is 4.79 Å². The molecule has 1 saturated carbocycles. The van der Waals surface area contributed by atoms with Gasteiger partial charge >= 0.3 is 0 Å². The average Bonchev–Trinajstić information content (AvgIpc) is 2.11. The lowest BCUT2D eigenvalue weighted by Crippen LogP contribution is -2.34. The fraction of sp³-hybridized carbons (Fsp3) is 0.750. The fourth-order valence-electron chi connectivity index (χ4n) is 1.75. The molecule has 0 radical (unpaired) electrons. The molecule has 0 aromatic heterocycles. The Balaban J connectivity index is 2.33. The van der Waals surface area contributed by atoms with E-state index >= 15 is 0 Å². The van der Waals surface area contributed by atoms with Crippen molar-refractivity contribution in [1.29, 1.82) is 0 Å². The van der Waals surface area contributed by atoms with Crippen LogP contribution in [0.15, 0.2) is 0 Å². The molecule has 0 aromatic rings. The van der Waals surface area contributed by atoms with Gasteiger partial charge in [0.15, 0.2) is 0 Å². The quantitative estimate of drug-likeness (QED) is 0.612. The number of rotatable bonds is 5. The molecule has 0 heterocycles. The first kappa shape index (κ1) is 11.1. The lowest BCUT2D eigenvalue weighted by molar-refractivity contribution is -0.132. The molecule has 0 spiro atoms. The van der Waals surface area contributed by atoms with E-state index in [-0.39, 0.29) is 5.91 Å². The van der Waals surface area contributed by atoms with Gasteiger partial charge in [-0.05, 0) is 25.2 Å². The minimum Gasteiger partial charge on any atom is -0.332 e. The largest absolute Gasteiger partial charge is 0.332 e. The highest BCUT2D eigenvalue weighted by Gasteiger charge is 2.22. The highest BCUT2D eigenvalue weighted by atomic mass is 16.2. The van der Waals surface area contributed by atoms with E-state index < -0.39 is 0 Å². The van der Waals surface area contributed by atoms with Gasteiger partial charge in [-0.2, -0.15) is 0 Å². The third-order valence-electron chi connectivity index (χ3n) is 2.82. The van der Waals surface area contributed by atoms with Crippen molar-refractivity contribution in [3.8, 4) is 12.3 Å². The Hall–Kier alpha value is -0.970. The predicted octanol–water partition coefficient (Wildman–Crippen LogP) is 2.05. The van der Waals surface area contributed by atoms with Crippen molar-refractivity contribution in [1.82, 2.24) is 4.90 Å². The maximum Gasteiger partial charge on any atom is 0.223 e. The van der Waals surface area contributed by atoms with E-state index in [4.69, 9.17) is 6.42 Å². The van der Waals surface area contributed by atoms with Gasteiger partial charge in [-0.3, -0.25) is 4.79 Å². The number of amides is 1. The third-order valence-corrected chi connectivity index (χ3v) is 2.82. The molecule has 1 amide bonds. The molecule has 0 bridgehead atoms. The maximum absolute atomic E-state index is 11.8. The van der Waals surface area contributed by atoms with Crippen LogP contribution in [0.4, 0.5) is 0 Å². The summed E-state index contributed by atoms with van der Waals surface area (Å²) in [4.78, 5) is 13.6. The van der Waals surface area contributed by atoms with E-state index in [9.17, 15) is 4.79 Å². The lowest BCUT2D eigenvalue weighted by Gasteiger charge is -2.28. The Labute approximate surface area is 86.7 Å². The summed E-state index contributed by atoms with van der Waals surface area (Å²) in [5.41, 5.74) is 0. The summed E-state index contributed by atoms with van der Waals surface area (Å²) in [6, 6.07) is 0. The van der Waals surface area contributed by atoms with Crippen molar-refractivity contribution in [3.63, 3.8) is 0 Å². The molecule has 1 fully saturated rings.